The molecule has 2 aliphatic heterocycles. The van der Waals surface area contributed by atoms with E-state index in [1.807, 2.05) is 4.90 Å². The standard InChI is InChI=1S/C25H39N3O12/c1-14(29)26-21-19(28-10-8-27(9-11-28)15(2)30)12-25(36-7,24(34)35-6)40-23(21)22(39-18(5)33)20(38-17(4)32)13-37-16(3)31/h19-23H,8-13H2,1-7H3,(H,26,29)/t19-,20+,21+,22+,23+,25+/m0/s1. The molecule has 0 bridgehead atoms. The lowest BCUT2D eigenvalue weighted by molar-refractivity contribution is -0.302. The molecule has 2 fully saturated rings. The third-order valence-electron chi connectivity index (χ3n) is 6.76. The predicted octanol–water partition coefficient (Wildman–Crippen LogP) is -1.25. The summed E-state index contributed by atoms with van der Waals surface area (Å²) in [5, 5.41) is 2.83. The fraction of sp³-hybridized carbons (Fsp3) is 0.760. The van der Waals surface area contributed by atoms with Crippen LogP contribution in [0.1, 0.15) is 41.0 Å². The number of hydrogen-bond donors (Lipinski definition) is 1. The molecular weight excluding hydrogens is 534 g/mol. The number of amides is 2. The second-order valence-corrected chi connectivity index (χ2v) is 9.60. The summed E-state index contributed by atoms with van der Waals surface area (Å²) in [6.07, 6.45) is -4.33. The third kappa shape index (κ3) is 8.35. The maximum absolute atomic E-state index is 13.1. The van der Waals surface area contributed by atoms with Crippen LogP contribution in [0.4, 0.5) is 0 Å². The van der Waals surface area contributed by atoms with Crippen molar-refractivity contribution in [3.8, 4) is 0 Å². The van der Waals surface area contributed by atoms with Crippen LogP contribution in [-0.4, -0.2) is 129 Å². The van der Waals surface area contributed by atoms with Gasteiger partial charge in [0.05, 0.1) is 13.2 Å². The van der Waals surface area contributed by atoms with Crippen LogP contribution in [0.25, 0.3) is 0 Å². The fourth-order valence-corrected chi connectivity index (χ4v) is 5.03. The number of piperazine rings is 1. The highest BCUT2D eigenvalue weighted by molar-refractivity contribution is 5.78. The molecule has 0 unspecified atom stereocenters. The van der Waals surface area contributed by atoms with E-state index in [9.17, 15) is 28.8 Å². The van der Waals surface area contributed by atoms with Crippen LogP contribution in [0.5, 0.6) is 0 Å². The van der Waals surface area contributed by atoms with Crippen molar-refractivity contribution in [3.63, 3.8) is 0 Å². The highest BCUT2D eigenvalue weighted by Gasteiger charge is 2.58. The number of nitrogens with zero attached hydrogens (tertiary/aromatic N) is 2. The SMILES string of the molecule is COC(=O)[C@@]1(OC)C[C@H](N2CCN(C(C)=O)CC2)[C@@H](NC(C)=O)[C@H]([C@H](OC(C)=O)[C@@H](COC(C)=O)OC(C)=O)O1. The van der Waals surface area contributed by atoms with E-state index in [4.69, 9.17) is 28.4 Å². The highest BCUT2D eigenvalue weighted by Crippen LogP contribution is 2.37. The minimum Gasteiger partial charge on any atom is -0.465 e. The summed E-state index contributed by atoms with van der Waals surface area (Å²) < 4.78 is 32.8. The fourth-order valence-electron chi connectivity index (χ4n) is 5.03. The Bertz CT molecular complexity index is 967. The summed E-state index contributed by atoms with van der Waals surface area (Å²) in [7, 11) is 2.38. The number of rotatable bonds is 10. The first kappa shape index (κ1) is 32.9. The van der Waals surface area contributed by atoms with Crippen molar-refractivity contribution >= 4 is 35.7 Å². The van der Waals surface area contributed by atoms with Crippen LogP contribution in [0.3, 0.4) is 0 Å². The van der Waals surface area contributed by atoms with Gasteiger partial charge in [0.15, 0.2) is 12.2 Å². The van der Waals surface area contributed by atoms with Crippen LogP contribution in [-0.2, 0) is 57.2 Å². The molecule has 15 heteroatoms. The molecule has 40 heavy (non-hydrogen) atoms. The van der Waals surface area contributed by atoms with E-state index in [1.54, 1.807) is 4.90 Å². The Morgan fingerprint density at radius 2 is 1.50 bits per heavy atom. The van der Waals surface area contributed by atoms with Crippen molar-refractivity contribution in [1.29, 1.82) is 0 Å². The molecule has 0 radical (unpaired) electrons. The largest absolute Gasteiger partial charge is 0.465 e. The highest BCUT2D eigenvalue weighted by atomic mass is 16.7. The summed E-state index contributed by atoms with van der Waals surface area (Å²) in [5.41, 5.74) is 0. The molecule has 2 saturated heterocycles. The third-order valence-corrected chi connectivity index (χ3v) is 6.76. The first-order valence-corrected chi connectivity index (χ1v) is 12.8. The second-order valence-electron chi connectivity index (χ2n) is 9.60. The number of esters is 4. The second kappa shape index (κ2) is 14.4. The number of hydrogen-bond acceptors (Lipinski definition) is 13. The van der Waals surface area contributed by atoms with Gasteiger partial charge in [0.25, 0.3) is 5.79 Å². The molecular formula is C25H39N3O12. The Morgan fingerprint density at radius 1 is 0.900 bits per heavy atom. The molecule has 0 spiro atoms. The topological polar surface area (TPSA) is 176 Å². The van der Waals surface area contributed by atoms with Crippen LogP contribution >= 0.6 is 0 Å². The van der Waals surface area contributed by atoms with Crippen molar-refractivity contribution in [2.75, 3.05) is 47.0 Å². The molecule has 1 N–H and O–H groups in total. The maximum atomic E-state index is 13.1. The van der Waals surface area contributed by atoms with Gasteiger partial charge in [-0.25, -0.2) is 4.79 Å². The van der Waals surface area contributed by atoms with Gasteiger partial charge in [0, 0.05) is 80.4 Å². The van der Waals surface area contributed by atoms with E-state index in [1.165, 1.54) is 21.0 Å². The quantitative estimate of drug-likeness (QED) is 0.243. The lowest BCUT2D eigenvalue weighted by atomic mass is 9.85. The lowest BCUT2D eigenvalue weighted by Gasteiger charge is -2.52. The number of carbonyl (C=O) groups excluding carboxylic acids is 6. The number of ether oxygens (including phenoxy) is 6. The summed E-state index contributed by atoms with van der Waals surface area (Å²) >= 11 is 0. The van der Waals surface area contributed by atoms with Crippen molar-refractivity contribution in [2.24, 2.45) is 0 Å². The molecule has 2 rings (SSSR count). The van der Waals surface area contributed by atoms with Gasteiger partial charge in [-0.1, -0.05) is 0 Å². The molecule has 0 saturated carbocycles. The van der Waals surface area contributed by atoms with Crippen molar-refractivity contribution in [1.82, 2.24) is 15.1 Å². The van der Waals surface area contributed by atoms with Gasteiger partial charge in [-0.05, 0) is 0 Å². The molecule has 6 atom stereocenters. The first-order chi connectivity index (χ1) is 18.7. The summed E-state index contributed by atoms with van der Waals surface area (Å²) in [5.74, 6) is -5.72. The van der Waals surface area contributed by atoms with E-state index in [0.717, 1.165) is 27.9 Å². The Kier molecular flexibility index (Phi) is 11.8. The van der Waals surface area contributed by atoms with Gasteiger partial charge in [-0.15, -0.1) is 0 Å². The predicted molar refractivity (Wildman–Crippen MR) is 134 cm³/mol. The van der Waals surface area contributed by atoms with Crippen molar-refractivity contribution < 1.29 is 57.2 Å². The summed E-state index contributed by atoms with van der Waals surface area (Å²) in [6, 6.07) is -1.62. The summed E-state index contributed by atoms with van der Waals surface area (Å²) in [6.45, 7) is 7.15. The molecule has 2 amide bonds. The van der Waals surface area contributed by atoms with Crippen LogP contribution < -0.4 is 5.32 Å². The van der Waals surface area contributed by atoms with Gasteiger partial charge in [-0.2, -0.15) is 0 Å². The van der Waals surface area contributed by atoms with Crippen LogP contribution in [0.15, 0.2) is 0 Å². The van der Waals surface area contributed by atoms with E-state index in [2.05, 4.69) is 5.32 Å². The Balaban J connectivity index is 2.66. The molecule has 0 aromatic heterocycles. The number of nitrogens with one attached hydrogen (secondary N) is 1. The average Bonchev–Trinajstić information content (AvgIpc) is 2.89. The van der Waals surface area contributed by atoms with Gasteiger partial charge < -0.3 is 38.6 Å². The minimum atomic E-state index is -2.02. The number of methoxy groups -OCH3 is 2. The van der Waals surface area contributed by atoms with Gasteiger partial charge in [0.1, 0.15) is 12.7 Å². The van der Waals surface area contributed by atoms with Crippen molar-refractivity contribution in [2.45, 2.75) is 77.2 Å². The molecule has 15 nitrogen and oxygen atoms in total. The normalized spacial score (nSPS) is 26.6. The van der Waals surface area contributed by atoms with E-state index in [0.29, 0.717) is 26.2 Å². The van der Waals surface area contributed by atoms with Gasteiger partial charge >= 0.3 is 23.9 Å². The Labute approximate surface area is 232 Å². The Hall–Kier alpha value is -3.30. The molecule has 226 valence electrons. The maximum Gasteiger partial charge on any atom is 0.366 e. The minimum absolute atomic E-state index is 0.0895. The monoisotopic (exact) mass is 573 g/mol. The first-order valence-electron chi connectivity index (χ1n) is 12.8. The lowest BCUT2D eigenvalue weighted by Crippen LogP contribution is -2.72. The van der Waals surface area contributed by atoms with E-state index < -0.39 is 72.6 Å². The van der Waals surface area contributed by atoms with E-state index in [-0.39, 0.29) is 12.3 Å². The van der Waals surface area contributed by atoms with Crippen LogP contribution in [0, 0.1) is 0 Å². The molecule has 2 heterocycles. The van der Waals surface area contributed by atoms with Gasteiger partial charge in [-0.3, -0.25) is 28.9 Å². The van der Waals surface area contributed by atoms with Crippen LogP contribution in [0.2, 0.25) is 0 Å². The smallest absolute Gasteiger partial charge is 0.366 e. The molecule has 0 aliphatic carbocycles. The van der Waals surface area contributed by atoms with Gasteiger partial charge in [0.2, 0.25) is 11.8 Å². The average molecular weight is 574 g/mol. The summed E-state index contributed by atoms with van der Waals surface area (Å²) in [4.78, 5) is 76.9. The van der Waals surface area contributed by atoms with Crippen molar-refractivity contribution in [3.05, 3.63) is 0 Å². The molecule has 0 aromatic carbocycles. The zero-order valence-corrected chi connectivity index (χ0v) is 23.9. The molecule has 2 aliphatic rings. The molecule has 0 aromatic rings. The zero-order chi connectivity index (χ0) is 30.2. The Morgan fingerprint density at radius 3 is 1.95 bits per heavy atom. The number of carbonyl (C=O) groups is 6. The zero-order valence-electron chi connectivity index (χ0n) is 23.9. The van der Waals surface area contributed by atoms with E-state index >= 15 is 0 Å².